The molecule has 0 aliphatic heterocycles. The summed E-state index contributed by atoms with van der Waals surface area (Å²) in [6.45, 7) is 2.95. The van der Waals surface area contributed by atoms with Crippen molar-refractivity contribution in [2.24, 2.45) is 17.8 Å². The van der Waals surface area contributed by atoms with Gasteiger partial charge in [0.2, 0.25) is 5.78 Å². The molecule has 2 aliphatic carbocycles. The highest BCUT2D eigenvalue weighted by Gasteiger charge is 2.34. The SMILES string of the molecule is CCCC[C@H]1CC[C@H](C2CCC(c3ccc(C(=O)C(C)(F)F)cc3)CC2)CC1. The molecule has 1 aromatic carbocycles. The lowest BCUT2D eigenvalue weighted by Crippen LogP contribution is -2.25. The highest BCUT2D eigenvalue weighted by molar-refractivity contribution is 6.01. The molecule has 2 aliphatic rings. The molecule has 3 rings (SSSR count). The van der Waals surface area contributed by atoms with Crippen molar-refractivity contribution in [2.45, 2.75) is 96.3 Å². The molecule has 28 heavy (non-hydrogen) atoms. The molecule has 0 atom stereocenters. The highest BCUT2D eigenvalue weighted by Crippen LogP contribution is 2.44. The van der Waals surface area contributed by atoms with Gasteiger partial charge in [-0.1, -0.05) is 63.3 Å². The Bertz CT molecular complexity index is 615. The predicted molar refractivity (Wildman–Crippen MR) is 111 cm³/mol. The van der Waals surface area contributed by atoms with E-state index in [1.807, 2.05) is 12.1 Å². The van der Waals surface area contributed by atoms with Crippen molar-refractivity contribution in [1.82, 2.24) is 0 Å². The van der Waals surface area contributed by atoms with Gasteiger partial charge in [-0.2, -0.15) is 8.78 Å². The third-order valence-electron chi connectivity index (χ3n) is 7.34. The van der Waals surface area contributed by atoms with Crippen LogP contribution in [0.3, 0.4) is 0 Å². The first-order valence-corrected chi connectivity index (χ1v) is 11.4. The number of alkyl halides is 2. The van der Waals surface area contributed by atoms with Crippen molar-refractivity contribution >= 4 is 5.78 Å². The molecular weight excluding hydrogens is 354 g/mol. The van der Waals surface area contributed by atoms with Gasteiger partial charge in [-0.15, -0.1) is 0 Å². The second kappa shape index (κ2) is 9.50. The molecular formula is C25H36F2O. The molecule has 2 fully saturated rings. The fourth-order valence-electron chi connectivity index (χ4n) is 5.53. The first-order valence-electron chi connectivity index (χ1n) is 11.4. The Morgan fingerprint density at radius 1 is 0.929 bits per heavy atom. The summed E-state index contributed by atoms with van der Waals surface area (Å²) in [4.78, 5) is 11.7. The van der Waals surface area contributed by atoms with E-state index < -0.39 is 11.7 Å². The molecule has 0 radical (unpaired) electrons. The van der Waals surface area contributed by atoms with Crippen molar-refractivity contribution in [2.75, 3.05) is 0 Å². The number of halogens is 2. The summed E-state index contributed by atoms with van der Waals surface area (Å²) >= 11 is 0. The summed E-state index contributed by atoms with van der Waals surface area (Å²) < 4.78 is 26.4. The standard InChI is InChI=1S/C25H36F2O/c1-3-4-5-18-6-8-19(9-7-18)20-10-12-21(13-11-20)22-14-16-23(17-15-22)24(28)25(2,26)27/h14-21H,3-13H2,1-2H3/t18-,19-,20?,21?. The van der Waals surface area contributed by atoms with Gasteiger partial charge in [0, 0.05) is 12.5 Å². The number of hydrogen-bond acceptors (Lipinski definition) is 1. The molecule has 0 unspecified atom stereocenters. The molecule has 0 spiro atoms. The summed E-state index contributed by atoms with van der Waals surface area (Å²) in [5, 5.41) is 0. The lowest BCUT2D eigenvalue weighted by atomic mass is 9.68. The normalized spacial score (nSPS) is 28.9. The summed E-state index contributed by atoms with van der Waals surface area (Å²) in [6, 6.07) is 6.95. The van der Waals surface area contributed by atoms with Crippen LogP contribution in [-0.4, -0.2) is 11.7 Å². The number of carbonyl (C=O) groups excluding carboxylic acids is 1. The monoisotopic (exact) mass is 390 g/mol. The third-order valence-corrected chi connectivity index (χ3v) is 7.34. The van der Waals surface area contributed by atoms with E-state index in [0.717, 1.165) is 17.8 Å². The van der Waals surface area contributed by atoms with Crippen LogP contribution >= 0.6 is 0 Å². The quantitative estimate of drug-likeness (QED) is 0.434. The van der Waals surface area contributed by atoms with Gasteiger partial charge < -0.3 is 0 Å². The molecule has 0 amide bonds. The Morgan fingerprint density at radius 3 is 1.96 bits per heavy atom. The fourth-order valence-corrected chi connectivity index (χ4v) is 5.53. The van der Waals surface area contributed by atoms with Crippen LogP contribution in [0.2, 0.25) is 0 Å². The van der Waals surface area contributed by atoms with Crippen molar-refractivity contribution in [1.29, 1.82) is 0 Å². The summed E-state index contributed by atoms with van der Waals surface area (Å²) in [6.07, 6.45) is 14.8. The lowest BCUT2D eigenvalue weighted by molar-refractivity contribution is 0.0221. The molecule has 3 heteroatoms. The van der Waals surface area contributed by atoms with Crippen molar-refractivity contribution in [3.8, 4) is 0 Å². The smallest absolute Gasteiger partial charge is 0.287 e. The number of rotatable bonds is 7. The fraction of sp³-hybridized carbons (Fsp3) is 0.720. The van der Waals surface area contributed by atoms with Gasteiger partial charge in [-0.25, -0.2) is 0 Å². The molecule has 2 saturated carbocycles. The average molecular weight is 391 g/mol. The zero-order valence-electron chi connectivity index (χ0n) is 17.6. The maximum Gasteiger partial charge on any atom is 0.307 e. The van der Waals surface area contributed by atoms with E-state index in [0.29, 0.717) is 12.8 Å². The van der Waals surface area contributed by atoms with E-state index in [1.54, 1.807) is 12.1 Å². The number of ketones is 1. The van der Waals surface area contributed by atoms with Gasteiger partial charge in [-0.05, 0) is 67.8 Å². The van der Waals surface area contributed by atoms with Crippen LogP contribution in [0.15, 0.2) is 24.3 Å². The first kappa shape index (κ1) is 21.5. The number of Topliss-reactive ketones (excluding diaryl/α,β-unsaturated/α-hetero) is 1. The van der Waals surface area contributed by atoms with Crippen molar-refractivity contribution in [3.05, 3.63) is 35.4 Å². The van der Waals surface area contributed by atoms with Crippen LogP contribution in [0.25, 0.3) is 0 Å². The Kier molecular flexibility index (Phi) is 7.28. The number of unbranched alkanes of at least 4 members (excludes halogenated alkanes) is 1. The van der Waals surface area contributed by atoms with Gasteiger partial charge in [0.1, 0.15) is 0 Å². The number of carbonyl (C=O) groups is 1. The van der Waals surface area contributed by atoms with Gasteiger partial charge in [0.25, 0.3) is 0 Å². The van der Waals surface area contributed by atoms with Crippen LogP contribution in [0.1, 0.15) is 106 Å². The molecule has 0 N–H and O–H groups in total. The Hall–Kier alpha value is -1.25. The van der Waals surface area contributed by atoms with Crippen LogP contribution < -0.4 is 0 Å². The minimum Gasteiger partial charge on any atom is -0.287 e. The van der Waals surface area contributed by atoms with E-state index in [2.05, 4.69) is 6.92 Å². The van der Waals surface area contributed by atoms with E-state index in [9.17, 15) is 13.6 Å². The minimum atomic E-state index is -3.30. The number of hydrogen-bond donors (Lipinski definition) is 0. The zero-order chi connectivity index (χ0) is 20.1. The summed E-state index contributed by atoms with van der Waals surface area (Å²) in [5.74, 6) is -1.09. The van der Waals surface area contributed by atoms with Gasteiger partial charge >= 0.3 is 5.92 Å². The van der Waals surface area contributed by atoms with E-state index in [-0.39, 0.29) is 5.56 Å². The van der Waals surface area contributed by atoms with E-state index >= 15 is 0 Å². The summed E-state index contributed by atoms with van der Waals surface area (Å²) in [5.41, 5.74) is 1.32. The second-order valence-corrected chi connectivity index (χ2v) is 9.37. The molecule has 156 valence electrons. The third kappa shape index (κ3) is 5.42. The topological polar surface area (TPSA) is 17.1 Å². The molecule has 0 saturated heterocycles. The Morgan fingerprint density at radius 2 is 1.46 bits per heavy atom. The molecule has 0 heterocycles. The van der Waals surface area contributed by atoms with Crippen LogP contribution in [0, 0.1) is 17.8 Å². The Balaban J connectivity index is 1.47. The van der Waals surface area contributed by atoms with E-state index in [4.69, 9.17) is 0 Å². The molecule has 0 aromatic heterocycles. The molecule has 0 bridgehead atoms. The Labute approximate surface area is 169 Å². The van der Waals surface area contributed by atoms with Crippen molar-refractivity contribution < 1.29 is 13.6 Å². The predicted octanol–water partition coefficient (Wildman–Crippen LogP) is 7.79. The van der Waals surface area contributed by atoms with Crippen LogP contribution in [0.4, 0.5) is 8.78 Å². The largest absolute Gasteiger partial charge is 0.307 e. The highest BCUT2D eigenvalue weighted by atomic mass is 19.3. The van der Waals surface area contributed by atoms with E-state index in [1.165, 1.54) is 76.2 Å². The van der Waals surface area contributed by atoms with Crippen LogP contribution in [-0.2, 0) is 0 Å². The summed E-state index contributed by atoms with van der Waals surface area (Å²) in [7, 11) is 0. The minimum absolute atomic E-state index is 0.116. The first-order chi connectivity index (χ1) is 13.4. The van der Waals surface area contributed by atoms with Crippen molar-refractivity contribution in [3.63, 3.8) is 0 Å². The number of benzene rings is 1. The van der Waals surface area contributed by atoms with Gasteiger partial charge in [-0.3, -0.25) is 4.79 Å². The van der Waals surface area contributed by atoms with Gasteiger partial charge in [0.05, 0.1) is 0 Å². The van der Waals surface area contributed by atoms with Crippen LogP contribution in [0.5, 0.6) is 0 Å². The maximum absolute atomic E-state index is 13.2. The maximum atomic E-state index is 13.2. The van der Waals surface area contributed by atoms with Gasteiger partial charge in [0.15, 0.2) is 0 Å². The molecule has 1 aromatic rings. The second-order valence-electron chi connectivity index (χ2n) is 9.37. The average Bonchev–Trinajstić information content (AvgIpc) is 2.72. The lowest BCUT2D eigenvalue weighted by Gasteiger charge is -2.38. The molecule has 1 nitrogen and oxygen atoms in total. The zero-order valence-corrected chi connectivity index (χ0v) is 17.6.